The van der Waals surface area contributed by atoms with Gasteiger partial charge in [-0.15, -0.1) is 45.3 Å². The number of aryl methyl sites for hydroxylation is 5. The van der Waals surface area contributed by atoms with Crippen molar-refractivity contribution >= 4 is 286 Å². The molecular weight excluding hydrogens is 2070 g/mol. The molecule has 0 fully saturated rings. The number of thioether (sulfide) groups is 3. The van der Waals surface area contributed by atoms with Crippen molar-refractivity contribution in [2.24, 2.45) is 44.0 Å². The zero-order valence-electron chi connectivity index (χ0n) is 69.0. The summed E-state index contributed by atoms with van der Waals surface area (Å²) in [4.78, 5) is 110. The first-order chi connectivity index (χ1) is 58.7. The Morgan fingerprint density at radius 2 is 0.945 bits per heavy atom. The van der Waals surface area contributed by atoms with Gasteiger partial charge in [0.1, 0.15) is 58.9 Å². The van der Waals surface area contributed by atoms with Crippen LogP contribution in [0.4, 0.5) is 21.2 Å². The van der Waals surface area contributed by atoms with E-state index in [4.69, 9.17) is 27.3 Å². The van der Waals surface area contributed by atoms with Gasteiger partial charge < -0.3 is 50.4 Å². The largest absolute Gasteiger partial charge is 0 e. The van der Waals surface area contributed by atoms with E-state index in [1.165, 1.54) is 47.8 Å². The molecule has 0 bridgehead atoms. The molecule has 3 amide bonds. The quantitative estimate of drug-likeness (QED) is 0.0147. The number of ether oxygens (including phenoxy) is 2. The molecule has 0 saturated carbocycles. The molecule has 16 heterocycles. The molecule has 1 atom stereocenters. The average molecular weight is 2170 g/mol. The molecule has 0 aliphatic rings. The molecule has 0 aliphatic carbocycles. The fourth-order valence-electron chi connectivity index (χ4n) is 11.6. The molecule has 0 spiro atoms. The summed E-state index contributed by atoms with van der Waals surface area (Å²) in [6.07, 6.45) is 20.9. The number of rotatable bonds is 14. The van der Waals surface area contributed by atoms with Crippen LogP contribution >= 0.6 is 157 Å². The third-order valence-electron chi connectivity index (χ3n) is 16.7. The minimum Gasteiger partial charge on any atom is 0 e. The van der Waals surface area contributed by atoms with Crippen molar-refractivity contribution in [2.75, 3.05) is 36.1 Å². The average Bonchev–Trinajstić information content (AvgIpc) is 1.60. The van der Waals surface area contributed by atoms with Gasteiger partial charge in [-0.2, -0.15) is 15.3 Å². The maximum Gasteiger partial charge on any atom is 0 e. The Balaban J connectivity index is 0.000000327. The number of aromatic nitrogens is 19. The van der Waals surface area contributed by atoms with Crippen LogP contribution in [0.3, 0.4) is 0 Å². The first-order valence-electron chi connectivity index (χ1n) is 36.1. The number of carbonyl (C=O) groups is 3. The third kappa shape index (κ3) is 28.1. The Morgan fingerprint density at radius 3 is 1.30 bits per heavy atom. The number of nitrogen functional groups attached to an aromatic ring is 1. The van der Waals surface area contributed by atoms with Gasteiger partial charge in [0.05, 0.1) is 67.8 Å². The van der Waals surface area contributed by atoms with Crippen LogP contribution in [0.2, 0.25) is 0 Å². The number of halogens is 4. The fraction of sp³-hybridized carbons (Fsp3) is 0.312. The summed E-state index contributed by atoms with van der Waals surface area (Å²) in [6.45, 7) is 13.6. The summed E-state index contributed by atoms with van der Waals surface area (Å²) >= 11 is 27.1. The van der Waals surface area contributed by atoms with E-state index in [2.05, 4.69) is 159 Å². The van der Waals surface area contributed by atoms with Crippen molar-refractivity contribution < 1.29 is 29.5 Å². The van der Waals surface area contributed by atoms with E-state index in [0.717, 1.165) is 101 Å². The minimum atomic E-state index is -1.16. The first kappa shape index (κ1) is 109. The normalized spacial score (nSPS) is 11.0. The smallest absolute Gasteiger partial charge is 0 e. The summed E-state index contributed by atoms with van der Waals surface area (Å²) in [7, 11) is 10.4. The molecule has 683 valence electrons. The van der Waals surface area contributed by atoms with Crippen LogP contribution in [0.1, 0.15) is 117 Å². The predicted octanol–water partition coefficient (Wildman–Crippen LogP) is 18.4. The van der Waals surface area contributed by atoms with Crippen molar-refractivity contribution in [3.05, 3.63) is 194 Å². The minimum absolute atomic E-state index is 0. The number of anilines is 2. The van der Waals surface area contributed by atoms with Gasteiger partial charge in [-0.05, 0) is 204 Å². The summed E-state index contributed by atoms with van der Waals surface area (Å²) in [5.74, 6) is 0.209. The molecule has 16 aromatic rings. The number of thiol groups is 1. The van der Waals surface area contributed by atoms with Crippen molar-refractivity contribution in [1.82, 2.24) is 92.5 Å². The van der Waals surface area contributed by atoms with Crippen LogP contribution < -0.4 is 39.2 Å². The van der Waals surface area contributed by atoms with Gasteiger partial charge in [0.15, 0.2) is 39.9 Å². The van der Waals surface area contributed by atoms with E-state index in [1.807, 2.05) is 85.3 Å². The molecule has 16 aromatic heterocycles. The Kier molecular flexibility index (Phi) is 41.9. The van der Waals surface area contributed by atoms with E-state index in [-0.39, 0.29) is 54.4 Å². The Morgan fingerprint density at radius 1 is 0.578 bits per heavy atom. The number of nitrogens with two attached hydrogens (primary N) is 3. The number of thiazole rings is 4. The molecule has 0 aliphatic heterocycles. The summed E-state index contributed by atoms with van der Waals surface area (Å²) < 4.78 is 45.1. The molecule has 0 aromatic carbocycles. The molecule has 48 heteroatoms. The summed E-state index contributed by atoms with van der Waals surface area (Å²) in [6, 6.07) is 18.6. The van der Waals surface area contributed by atoms with Gasteiger partial charge in [0, 0.05) is 100 Å². The number of amides is 3. The second-order valence-electron chi connectivity index (χ2n) is 27.9. The number of hydrogen-bond donors (Lipinski definition) is 6. The monoisotopic (exact) mass is 2170 g/mol. The van der Waals surface area contributed by atoms with Crippen molar-refractivity contribution in [3.63, 3.8) is 0 Å². The zero-order valence-corrected chi connectivity index (χ0v) is 82.7. The molecule has 34 nitrogen and oxygen atoms in total. The topological polar surface area (TPSA) is 453 Å². The van der Waals surface area contributed by atoms with Crippen molar-refractivity contribution in [2.45, 2.75) is 132 Å². The van der Waals surface area contributed by atoms with E-state index in [1.54, 1.807) is 203 Å². The van der Waals surface area contributed by atoms with E-state index >= 15 is 0 Å². The van der Waals surface area contributed by atoms with Crippen LogP contribution in [-0.4, -0.2) is 165 Å². The molecular formula is C80H99BBr4N25O9S9. The Labute approximate surface area is 811 Å². The molecule has 8 N–H and O–H groups in total. The predicted molar refractivity (Wildman–Crippen MR) is 547 cm³/mol. The van der Waals surface area contributed by atoms with Crippen LogP contribution in [0.25, 0.3) is 74.1 Å². The van der Waals surface area contributed by atoms with E-state index in [9.17, 15) is 33.0 Å². The number of nitrogens with one attached hydrogen (secondary N) is 2. The molecule has 128 heavy (non-hydrogen) atoms. The molecule has 1 radical (unpaired) electrons. The number of hydrogen-bond acceptors (Lipinski definition) is 32. The Bertz CT molecular complexity index is 6820. The first-order valence-corrected chi connectivity index (χ1v) is 48.5. The number of pyridine rings is 5. The summed E-state index contributed by atoms with van der Waals surface area (Å²) in [5, 5.41) is 26.3. The number of fused-ring (bicyclic) bond motifs is 10. The molecule has 16 rings (SSSR count). The SMILES string of the molecule is BrCc1ccnc(Br)c1.C.C.C.C.CC(C)(C)OC(N)=O.CSc1nc2c(s1)c(C=N)c(C(N)=O)n2C.CSc1nc2c(s1)c1cnn(Cc3ccnc(Br)c3)c(=O)c1n2C.CSc1nc2c(s1)c1cnn(Cc3ccnc(NC(=O)OC(C)(C)C)c3)c(=O)c1n2C.Cc1ccnc(Br)c1.Cn1c2nc(S(C)=O)sc2c2cnn(Cc3ccnc(N)c3)c(=O)c21.[B]=NS.[HH]. The second-order valence-corrected chi connectivity index (χ2v) is 39.8. The number of nitrogens with zero attached hydrogens (tertiary/aromatic N) is 20. The number of alkyl halides is 1. The maximum absolute atomic E-state index is 13.1. The van der Waals surface area contributed by atoms with Gasteiger partial charge >= 0.3 is 36.9 Å². The standard InChI is InChI=1S/C20H22N6O3S2.C15H12BrN5OS2.C15H14N6O2S2.C9H10N4OS2.C6H5Br2N.C6H6BrN.C5H11NO2.4CH4.BHNS.H2/c1-20(2,3)29-18(28)23-13-8-11(6-7-21-13)10-26-17(27)14-12(9-22-26)15-16(25(14)4)24-19(30-5)31-15;1-20-11-9(12-13(20)19-15(23-2)24-12)6-18-21(14(11)22)7-8-3-4-17-10(16)5-8;1-20-11-9(12-13(20)19-15(24-12)25(2)23)6-18-21(14(11)22)7-8-3-4-17-10(16)5-8;1-13-5(7(11)14)4(3-10)6-8(13)12-9(15-2)16-6;7-4-5-1-2-9-6(8)3-5;1-5-2-3-8-6(7)4-5;1-5(2,3)8-4(6)7;;;;;1-2-3;/h6-9H,10H2,1-5H3,(H,21,23,28);3-6H,7H2,1-2H3;3-6H,7H2,1-2H3,(H2,16,17);3,10H,1-2H3,(H2,11,14);1-3H,4H2;2-4H,1H3;1-3H3,(H2,6,7);4*1H4;3H;1H. The number of carbonyl (C=O) groups excluding carboxylic acids is 3. The van der Waals surface area contributed by atoms with Crippen LogP contribution in [0.15, 0.2) is 160 Å². The summed E-state index contributed by atoms with van der Waals surface area (Å²) in [5.41, 5.74) is 24.8. The van der Waals surface area contributed by atoms with Gasteiger partial charge in [0.25, 0.3) is 22.6 Å². The van der Waals surface area contributed by atoms with Crippen molar-refractivity contribution in [1.29, 1.82) is 5.41 Å². The second kappa shape index (κ2) is 49.1. The maximum atomic E-state index is 13.1. The van der Waals surface area contributed by atoms with E-state index < -0.39 is 40.1 Å². The van der Waals surface area contributed by atoms with Gasteiger partial charge in [-0.3, -0.25) is 28.7 Å². The number of primary amides is 2. The van der Waals surface area contributed by atoms with Gasteiger partial charge in [-0.1, -0.05) is 80.9 Å². The molecule has 1 unspecified atom stereocenters. The van der Waals surface area contributed by atoms with Gasteiger partial charge in [0.2, 0.25) is 0 Å². The van der Waals surface area contributed by atoms with Crippen molar-refractivity contribution in [3.8, 4) is 0 Å². The van der Waals surface area contributed by atoms with E-state index in [0.29, 0.717) is 68.2 Å². The van der Waals surface area contributed by atoms with Crippen LogP contribution in [-0.2, 0) is 73.4 Å². The third-order valence-corrected chi connectivity index (χ3v) is 27.3. The molecule has 0 saturated heterocycles. The fourth-order valence-corrected chi connectivity index (χ4v) is 19.8. The zero-order chi connectivity index (χ0) is 90.9. The Hall–Kier alpha value is -9.34. The van der Waals surface area contributed by atoms with Gasteiger partial charge in [-0.25, -0.2) is 68.5 Å². The van der Waals surface area contributed by atoms with Crippen LogP contribution in [0.5, 0.6) is 0 Å². The van der Waals surface area contributed by atoms with Crippen LogP contribution in [0, 0.1) is 12.3 Å².